The van der Waals surface area contributed by atoms with E-state index in [4.69, 9.17) is 14.9 Å². The SMILES string of the molecule is OCC(O)OC1CCCCC1. The van der Waals surface area contributed by atoms with Crippen LogP contribution in [0.15, 0.2) is 0 Å². The molecule has 1 aliphatic rings. The third-order valence-corrected chi connectivity index (χ3v) is 2.06. The molecule has 0 aromatic rings. The van der Waals surface area contributed by atoms with E-state index >= 15 is 0 Å². The second-order valence-corrected chi connectivity index (χ2v) is 3.03. The van der Waals surface area contributed by atoms with Gasteiger partial charge in [0.2, 0.25) is 0 Å². The van der Waals surface area contributed by atoms with Crippen molar-refractivity contribution in [3.63, 3.8) is 0 Å². The van der Waals surface area contributed by atoms with Gasteiger partial charge in [-0.25, -0.2) is 0 Å². The zero-order chi connectivity index (χ0) is 8.10. The molecule has 0 radical (unpaired) electrons. The molecule has 0 aromatic carbocycles. The Hall–Kier alpha value is -0.120. The van der Waals surface area contributed by atoms with Crippen molar-refractivity contribution in [2.24, 2.45) is 0 Å². The number of ether oxygens (including phenoxy) is 1. The van der Waals surface area contributed by atoms with Crippen molar-refractivity contribution in [1.82, 2.24) is 0 Å². The van der Waals surface area contributed by atoms with E-state index in [9.17, 15) is 0 Å². The van der Waals surface area contributed by atoms with E-state index in [1.807, 2.05) is 0 Å². The van der Waals surface area contributed by atoms with Gasteiger partial charge in [-0.15, -0.1) is 0 Å². The normalized spacial score (nSPS) is 23.5. The predicted molar refractivity (Wildman–Crippen MR) is 41.1 cm³/mol. The van der Waals surface area contributed by atoms with Gasteiger partial charge in [0.05, 0.1) is 12.7 Å². The maximum absolute atomic E-state index is 8.94. The summed E-state index contributed by atoms with van der Waals surface area (Å²) < 4.78 is 5.15. The lowest BCUT2D eigenvalue weighted by Crippen LogP contribution is -2.26. The molecule has 11 heavy (non-hydrogen) atoms. The summed E-state index contributed by atoms with van der Waals surface area (Å²) in [5.41, 5.74) is 0. The quantitative estimate of drug-likeness (QED) is 0.596. The van der Waals surface area contributed by atoms with Crippen molar-refractivity contribution in [2.45, 2.75) is 44.5 Å². The van der Waals surface area contributed by atoms with Gasteiger partial charge in [-0.3, -0.25) is 0 Å². The molecule has 0 saturated heterocycles. The largest absolute Gasteiger partial charge is 0.391 e. The summed E-state index contributed by atoms with van der Waals surface area (Å²) in [5, 5.41) is 17.4. The molecule has 1 saturated carbocycles. The van der Waals surface area contributed by atoms with Crippen molar-refractivity contribution in [3.05, 3.63) is 0 Å². The maximum Gasteiger partial charge on any atom is 0.178 e. The van der Waals surface area contributed by atoms with Crippen molar-refractivity contribution in [3.8, 4) is 0 Å². The topological polar surface area (TPSA) is 49.7 Å². The van der Waals surface area contributed by atoms with E-state index < -0.39 is 6.29 Å². The minimum absolute atomic E-state index is 0.172. The van der Waals surface area contributed by atoms with Gasteiger partial charge in [0, 0.05) is 0 Å². The monoisotopic (exact) mass is 160 g/mol. The standard InChI is InChI=1S/C8H16O3/c9-6-8(10)11-7-4-2-1-3-5-7/h7-10H,1-6H2. The average molecular weight is 160 g/mol. The van der Waals surface area contributed by atoms with Crippen LogP contribution in [0.1, 0.15) is 32.1 Å². The van der Waals surface area contributed by atoms with Crippen molar-refractivity contribution >= 4 is 0 Å². The molecule has 1 aliphatic carbocycles. The van der Waals surface area contributed by atoms with Gasteiger partial charge in [0.1, 0.15) is 0 Å². The van der Waals surface area contributed by atoms with E-state index in [1.165, 1.54) is 19.3 Å². The third kappa shape index (κ3) is 3.18. The van der Waals surface area contributed by atoms with Crippen molar-refractivity contribution < 1.29 is 14.9 Å². The van der Waals surface area contributed by atoms with Gasteiger partial charge < -0.3 is 14.9 Å². The summed E-state index contributed by atoms with van der Waals surface area (Å²) in [6.45, 7) is -0.295. The zero-order valence-corrected chi connectivity index (χ0v) is 6.70. The van der Waals surface area contributed by atoms with Crippen molar-refractivity contribution in [1.29, 1.82) is 0 Å². The average Bonchev–Trinajstić information content (AvgIpc) is 2.06. The lowest BCUT2D eigenvalue weighted by Gasteiger charge is -2.23. The summed E-state index contributed by atoms with van der Waals surface area (Å²) >= 11 is 0. The Kier molecular flexibility index (Phi) is 3.83. The van der Waals surface area contributed by atoms with Crippen LogP contribution >= 0.6 is 0 Å². The van der Waals surface area contributed by atoms with Gasteiger partial charge in [0.25, 0.3) is 0 Å². The highest BCUT2D eigenvalue weighted by molar-refractivity contribution is 4.65. The molecular weight excluding hydrogens is 144 g/mol. The first-order chi connectivity index (χ1) is 5.33. The van der Waals surface area contributed by atoms with Gasteiger partial charge in [0.15, 0.2) is 6.29 Å². The molecule has 0 aliphatic heterocycles. The van der Waals surface area contributed by atoms with Gasteiger partial charge in [-0.1, -0.05) is 19.3 Å². The maximum atomic E-state index is 8.94. The smallest absolute Gasteiger partial charge is 0.178 e. The molecule has 3 nitrogen and oxygen atoms in total. The summed E-state index contributed by atoms with van der Waals surface area (Å²) in [6.07, 6.45) is 4.89. The molecule has 1 unspecified atom stereocenters. The molecule has 0 heterocycles. The Bertz CT molecular complexity index is 99.5. The van der Waals surface area contributed by atoms with Crippen LogP contribution in [0.2, 0.25) is 0 Å². The zero-order valence-electron chi connectivity index (χ0n) is 6.70. The van der Waals surface area contributed by atoms with E-state index in [-0.39, 0.29) is 12.7 Å². The van der Waals surface area contributed by atoms with Gasteiger partial charge in [-0.2, -0.15) is 0 Å². The molecule has 3 heteroatoms. The molecule has 0 amide bonds. The van der Waals surface area contributed by atoms with Gasteiger partial charge in [-0.05, 0) is 12.8 Å². The molecule has 0 spiro atoms. The highest BCUT2D eigenvalue weighted by Gasteiger charge is 2.16. The Morgan fingerprint density at radius 2 is 1.91 bits per heavy atom. The highest BCUT2D eigenvalue weighted by Crippen LogP contribution is 2.20. The number of rotatable bonds is 3. The molecule has 2 N–H and O–H groups in total. The fraction of sp³-hybridized carbons (Fsp3) is 1.00. The molecular formula is C8H16O3. The van der Waals surface area contributed by atoms with Crippen LogP contribution in [0, 0.1) is 0 Å². The third-order valence-electron chi connectivity index (χ3n) is 2.06. The Morgan fingerprint density at radius 1 is 1.27 bits per heavy atom. The Balaban J connectivity index is 2.13. The van der Waals surface area contributed by atoms with E-state index in [0.29, 0.717) is 0 Å². The fourth-order valence-corrected chi connectivity index (χ4v) is 1.47. The first kappa shape index (κ1) is 8.97. The van der Waals surface area contributed by atoms with Crippen LogP contribution in [0.5, 0.6) is 0 Å². The summed E-state index contributed by atoms with van der Waals surface area (Å²) in [6, 6.07) is 0. The number of hydrogen-bond donors (Lipinski definition) is 2. The van der Waals surface area contributed by atoms with Crippen LogP contribution < -0.4 is 0 Å². The summed E-state index contributed by atoms with van der Waals surface area (Å²) in [5.74, 6) is 0. The van der Waals surface area contributed by atoms with E-state index in [1.54, 1.807) is 0 Å². The van der Waals surface area contributed by atoms with Crippen LogP contribution in [0.3, 0.4) is 0 Å². The molecule has 1 atom stereocenters. The lowest BCUT2D eigenvalue weighted by atomic mass is 9.98. The number of aliphatic hydroxyl groups excluding tert-OH is 2. The first-order valence-electron chi connectivity index (χ1n) is 4.27. The predicted octanol–water partition coefficient (Wildman–Crippen LogP) is 0.646. The molecule has 1 rings (SSSR count). The molecule has 0 bridgehead atoms. The fourth-order valence-electron chi connectivity index (χ4n) is 1.47. The van der Waals surface area contributed by atoms with Crippen LogP contribution in [0.25, 0.3) is 0 Å². The first-order valence-corrected chi connectivity index (χ1v) is 4.27. The Morgan fingerprint density at radius 3 is 2.45 bits per heavy atom. The summed E-state index contributed by atoms with van der Waals surface area (Å²) in [7, 11) is 0. The van der Waals surface area contributed by atoms with Crippen LogP contribution in [-0.4, -0.2) is 29.2 Å². The van der Waals surface area contributed by atoms with Crippen LogP contribution in [0.4, 0.5) is 0 Å². The second kappa shape index (κ2) is 4.70. The van der Waals surface area contributed by atoms with Crippen molar-refractivity contribution in [2.75, 3.05) is 6.61 Å². The second-order valence-electron chi connectivity index (χ2n) is 3.03. The molecule has 0 aromatic heterocycles. The highest BCUT2D eigenvalue weighted by atomic mass is 16.6. The minimum Gasteiger partial charge on any atom is -0.391 e. The summed E-state index contributed by atoms with van der Waals surface area (Å²) in [4.78, 5) is 0. The molecule has 66 valence electrons. The van der Waals surface area contributed by atoms with E-state index in [2.05, 4.69) is 0 Å². The molecule has 1 fully saturated rings. The lowest BCUT2D eigenvalue weighted by molar-refractivity contribution is -0.162. The minimum atomic E-state index is -0.974. The number of aliphatic hydroxyl groups is 2. The number of hydrogen-bond acceptors (Lipinski definition) is 3. The Labute approximate surface area is 67.0 Å². The van der Waals surface area contributed by atoms with Crippen LogP contribution in [-0.2, 0) is 4.74 Å². The van der Waals surface area contributed by atoms with E-state index in [0.717, 1.165) is 12.8 Å². The van der Waals surface area contributed by atoms with Gasteiger partial charge >= 0.3 is 0 Å².